The van der Waals surface area contributed by atoms with Gasteiger partial charge in [0.25, 0.3) is 0 Å². The second kappa shape index (κ2) is 6.10. The molecular weight excluding hydrogens is 369 g/mol. The molecule has 1 aliphatic rings. The number of hydrogen-bond acceptors (Lipinski definition) is 1. The standard InChI is InChI=1S/C15H10N2.C5H5.Ru/c1-2-6-14-10(4-1)11-7-8-13-12(15(11)17-14)5-3-9-16-13;1-2-4-5-3-1;/h1-9,17H;1-3H,4H2;. The Bertz CT molecular complexity index is 1060. The number of nitrogens with zero attached hydrogens (tertiary/aromatic N) is 1. The first-order valence-corrected chi connectivity index (χ1v) is 8.44. The van der Waals surface area contributed by atoms with Crippen LogP contribution in [0.15, 0.2) is 77.1 Å². The first kappa shape index (κ1) is 14.4. The molecular formula is C20H15N2Ru. The van der Waals surface area contributed by atoms with Crippen LogP contribution in [0, 0.1) is 0 Å². The summed E-state index contributed by atoms with van der Waals surface area (Å²) in [7, 11) is 0. The van der Waals surface area contributed by atoms with Crippen LogP contribution in [-0.2, 0) is 18.3 Å². The zero-order chi connectivity index (χ0) is 15.6. The monoisotopic (exact) mass is 385 g/mol. The molecule has 0 atom stereocenters. The molecule has 0 saturated carbocycles. The Morgan fingerprint density at radius 3 is 2.57 bits per heavy atom. The second-order valence-electron chi connectivity index (χ2n) is 5.46. The molecule has 1 N–H and O–H groups in total. The quantitative estimate of drug-likeness (QED) is 0.412. The summed E-state index contributed by atoms with van der Waals surface area (Å²) in [5, 5.41) is 3.72. The van der Waals surface area contributed by atoms with E-state index >= 15 is 0 Å². The minimum absolute atomic E-state index is 1.03. The summed E-state index contributed by atoms with van der Waals surface area (Å²) < 4.78 is 1.40. The number of aromatic nitrogens is 2. The number of hydrogen-bond donors (Lipinski definition) is 1. The van der Waals surface area contributed by atoms with E-state index in [2.05, 4.69) is 89.0 Å². The van der Waals surface area contributed by atoms with Crippen molar-refractivity contribution in [3.05, 3.63) is 77.1 Å². The molecule has 0 unspecified atom stereocenters. The number of nitrogens with one attached hydrogen (secondary N) is 1. The van der Waals surface area contributed by atoms with Gasteiger partial charge >= 0.3 is 47.1 Å². The number of fused-ring (bicyclic) bond motifs is 5. The summed E-state index contributed by atoms with van der Waals surface area (Å²) in [6.45, 7) is 0. The second-order valence-corrected chi connectivity index (χ2v) is 6.58. The molecule has 3 heteroatoms. The van der Waals surface area contributed by atoms with Gasteiger partial charge in [-0.25, -0.2) is 0 Å². The summed E-state index contributed by atoms with van der Waals surface area (Å²) in [5.74, 6) is 0. The van der Waals surface area contributed by atoms with Gasteiger partial charge in [-0.05, 0) is 24.3 Å². The van der Waals surface area contributed by atoms with Crippen LogP contribution < -0.4 is 0 Å². The van der Waals surface area contributed by atoms with Gasteiger partial charge in [-0.2, -0.15) is 0 Å². The fourth-order valence-electron chi connectivity index (χ4n) is 2.89. The molecule has 0 amide bonds. The molecule has 0 spiro atoms. The topological polar surface area (TPSA) is 28.7 Å². The van der Waals surface area contributed by atoms with Gasteiger partial charge in [0.15, 0.2) is 0 Å². The number of aromatic amines is 1. The molecule has 0 fully saturated rings. The fraction of sp³-hybridized carbons (Fsp3) is 0.0500. The van der Waals surface area contributed by atoms with E-state index in [-0.39, 0.29) is 0 Å². The number of H-pyrrole nitrogens is 1. The Morgan fingerprint density at radius 2 is 1.78 bits per heavy atom. The summed E-state index contributed by atoms with van der Waals surface area (Å²) in [4.78, 5) is 7.86. The molecule has 1 aliphatic carbocycles. The number of allylic oxidation sites excluding steroid dienone is 4. The third-order valence-electron chi connectivity index (χ3n) is 3.98. The van der Waals surface area contributed by atoms with Crippen LogP contribution in [0.25, 0.3) is 32.7 Å². The number of rotatable bonds is 0. The van der Waals surface area contributed by atoms with E-state index < -0.39 is 0 Å². The SMILES string of the molecule is [Ru][C]1=CC=CC1.c1ccc2c(c1)[nH]c1c3cccnc3ccc21. The summed E-state index contributed by atoms with van der Waals surface area (Å²) >= 11 is 2.59. The van der Waals surface area contributed by atoms with Crippen LogP contribution in [0.3, 0.4) is 0 Å². The van der Waals surface area contributed by atoms with Crippen molar-refractivity contribution in [2.45, 2.75) is 6.42 Å². The zero-order valence-corrected chi connectivity index (χ0v) is 14.2. The Balaban J connectivity index is 0.000000192. The average molecular weight is 384 g/mol. The third kappa shape index (κ3) is 2.73. The number of benzene rings is 2. The predicted molar refractivity (Wildman–Crippen MR) is 92.9 cm³/mol. The molecule has 113 valence electrons. The fourth-order valence-corrected chi connectivity index (χ4v) is 3.26. The molecule has 4 aromatic rings. The third-order valence-corrected chi connectivity index (χ3v) is 4.62. The van der Waals surface area contributed by atoms with Crippen LogP contribution in [0.4, 0.5) is 0 Å². The molecule has 23 heavy (non-hydrogen) atoms. The molecule has 5 rings (SSSR count). The Hall–Kier alpha value is -2.25. The van der Waals surface area contributed by atoms with Crippen molar-refractivity contribution < 1.29 is 18.3 Å². The Kier molecular flexibility index (Phi) is 3.81. The van der Waals surface area contributed by atoms with Gasteiger partial charge in [0.1, 0.15) is 0 Å². The molecule has 2 aromatic carbocycles. The molecule has 2 nitrogen and oxygen atoms in total. The van der Waals surface area contributed by atoms with E-state index in [0.29, 0.717) is 0 Å². The summed E-state index contributed by atoms with van der Waals surface area (Å²) in [5.41, 5.74) is 3.39. The van der Waals surface area contributed by atoms with E-state index in [1.807, 2.05) is 12.3 Å². The van der Waals surface area contributed by atoms with E-state index in [9.17, 15) is 0 Å². The largest absolute Gasteiger partial charge is 0.354 e. The molecule has 2 aromatic heterocycles. The van der Waals surface area contributed by atoms with E-state index in [0.717, 1.165) is 11.9 Å². The van der Waals surface area contributed by atoms with Crippen molar-refractivity contribution in [3.8, 4) is 0 Å². The number of pyridine rings is 1. The zero-order valence-electron chi connectivity index (χ0n) is 12.4. The van der Waals surface area contributed by atoms with E-state index in [1.54, 1.807) is 0 Å². The van der Waals surface area contributed by atoms with Gasteiger partial charge in [0.05, 0.1) is 11.0 Å². The van der Waals surface area contributed by atoms with Gasteiger partial charge in [0, 0.05) is 27.9 Å². The Labute approximate surface area is 144 Å². The minimum atomic E-state index is 1.03. The van der Waals surface area contributed by atoms with Crippen LogP contribution in [0.5, 0.6) is 0 Å². The van der Waals surface area contributed by atoms with Gasteiger partial charge in [-0.1, -0.05) is 24.3 Å². The summed E-state index contributed by atoms with van der Waals surface area (Å²) in [6, 6.07) is 16.7. The van der Waals surface area contributed by atoms with Gasteiger partial charge in [0.2, 0.25) is 0 Å². The molecule has 0 saturated heterocycles. The van der Waals surface area contributed by atoms with Gasteiger partial charge in [-0.3, -0.25) is 4.98 Å². The smallest absolute Gasteiger partial charge is 0.0723 e. The summed E-state index contributed by atoms with van der Waals surface area (Å²) in [6.07, 6.45) is 9.29. The molecule has 0 bridgehead atoms. The number of para-hydroxylation sites is 1. The van der Waals surface area contributed by atoms with Gasteiger partial charge < -0.3 is 4.98 Å². The van der Waals surface area contributed by atoms with Gasteiger partial charge in [-0.15, -0.1) is 0 Å². The average Bonchev–Trinajstić information content (AvgIpc) is 3.22. The van der Waals surface area contributed by atoms with Crippen LogP contribution >= 0.6 is 0 Å². The first-order valence-electron chi connectivity index (χ1n) is 7.57. The van der Waals surface area contributed by atoms with E-state index in [4.69, 9.17) is 0 Å². The predicted octanol–water partition coefficient (Wildman–Crippen LogP) is 5.25. The normalized spacial score (nSPS) is 13.3. The maximum absolute atomic E-state index is 4.38. The van der Waals surface area contributed by atoms with Crippen LogP contribution in [-0.4, -0.2) is 9.97 Å². The molecule has 2 heterocycles. The van der Waals surface area contributed by atoms with Crippen molar-refractivity contribution >= 4 is 32.7 Å². The van der Waals surface area contributed by atoms with Crippen molar-refractivity contribution in [1.82, 2.24) is 9.97 Å². The maximum Gasteiger partial charge on any atom is 0.0723 e. The van der Waals surface area contributed by atoms with Crippen LogP contribution in [0.1, 0.15) is 6.42 Å². The first-order chi connectivity index (χ1) is 11.3. The van der Waals surface area contributed by atoms with Crippen molar-refractivity contribution in [2.75, 3.05) is 0 Å². The molecule has 0 aliphatic heterocycles. The Morgan fingerprint density at radius 1 is 0.913 bits per heavy atom. The van der Waals surface area contributed by atoms with Crippen LogP contribution in [0.2, 0.25) is 0 Å². The van der Waals surface area contributed by atoms with Crippen molar-refractivity contribution in [3.63, 3.8) is 0 Å². The van der Waals surface area contributed by atoms with E-state index in [1.165, 1.54) is 31.4 Å². The minimum Gasteiger partial charge on any atom is -0.354 e. The maximum atomic E-state index is 4.38. The van der Waals surface area contributed by atoms with Crippen molar-refractivity contribution in [2.24, 2.45) is 0 Å². The molecule has 0 radical (unpaired) electrons. The van der Waals surface area contributed by atoms with Crippen molar-refractivity contribution in [1.29, 1.82) is 0 Å².